The van der Waals surface area contributed by atoms with Crippen LogP contribution >= 0.6 is 0 Å². The average Bonchev–Trinajstić information content (AvgIpc) is 2.94. The molecule has 3 aromatic rings. The van der Waals surface area contributed by atoms with Gasteiger partial charge in [-0.05, 0) is 36.4 Å². The van der Waals surface area contributed by atoms with Crippen molar-refractivity contribution in [1.82, 2.24) is 10.1 Å². The predicted molar refractivity (Wildman–Crippen MR) is 71.8 cm³/mol. The van der Waals surface area contributed by atoms with Gasteiger partial charge in [-0.1, -0.05) is 5.16 Å². The standard InChI is InChI=1S/C14H10N2O5/c17-8-2-4-10(18)9(6-8)14-15-13(16-21-14)7-1-3-11(19)12(20)5-7/h1-6,17-20H. The smallest absolute Gasteiger partial charge is 0.262 e. The normalized spacial score (nSPS) is 10.7. The van der Waals surface area contributed by atoms with Gasteiger partial charge in [0.15, 0.2) is 11.5 Å². The van der Waals surface area contributed by atoms with Crippen molar-refractivity contribution in [3.05, 3.63) is 36.4 Å². The van der Waals surface area contributed by atoms with Crippen LogP contribution in [0.3, 0.4) is 0 Å². The molecule has 4 N–H and O–H groups in total. The second-order valence-corrected chi connectivity index (χ2v) is 4.33. The summed E-state index contributed by atoms with van der Waals surface area (Å²) in [5, 5.41) is 41.6. The minimum Gasteiger partial charge on any atom is -0.508 e. The maximum Gasteiger partial charge on any atom is 0.262 e. The van der Waals surface area contributed by atoms with Gasteiger partial charge in [-0.15, -0.1) is 0 Å². The molecule has 3 rings (SSSR count). The van der Waals surface area contributed by atoms with E-state index in [0.717, 1.165) is 0 Å². The highest BCUT2D eigenvalue weighted by Crippen LogP contribution is 2.33. The summed E-state index contributed by atoms with van der Waals surface area (Å²) in [5.41, 5.74) is 0.622. The van der Waals surface area contributed by atoms with Gasteiger partial charge in [0.2, 0.25) is 5.82 Å². The largest absolute Gasteiger partial charge is 0.508 e. The van der Waals surface area contributed by atoms with Crippen molar-refractivity contribution < 1.29 is 24.9 Å². The molecule has 0 amide bonds. The molecule has 0 radical (unpaired) electrons. The Bertz CT molecular complexity index is 813. The van der Waals surface area contributed by atoms with Crippen molar-refractivity contribution in [2.45, 2.75) is 0 Å². The van der Waals surface area contributed by atoms with E-state index in [1.54, 1.807) is 0 Å². The van der Waals surface area contributed by atoms with Crippen LogP contribution in [0, 0.1) is 0 Å². The molecule has 0 fully saturated rings. The molecule has 1 aromatic heterocycles. The Labute approximate surface area is 118 Å². The van der Waals surface area contributed by atoms with Crippen LogP contribution in [-0.2, 0) is 0 Å². The van der Waals surface area contributed by atoms with E-state index < -0.39 is 0 Å². The number of phenolic OH excluding ortho intramolecular Hbond substituents is 4. The molecule has 1 heterocycles. The molecule has 0 atom stereocenters. The summed E-state index contributed by atoms with van der Waals surface area (Å²) in [5.74, 6) is -0.539. The van der Waals surface area contributed by atoms with Gasteiger partial charge in [-0.25, -0.2) is 0 Å². The van der Waals surface area contributed by atoms with Crippen LogP contribution in [-0.4, -0.2) is 30.6 Å². The third kappa shape index (κ3) is 2.32. The molecule has 106 valence electrons. The third-order valence-electron chi connectivity index (χ3n) is 2.87. The molecule has 2 aromatic carbocycles. The Kier molecular flexibility index (Phi) is 2.87. The first kappa shape index (κ1) is 12.8. The van der Waals surface area contributed by atoms with Crippen LogP contribution in [0.15, 0.2) is 40.9 Å². The quantitative estimate of drug-likeness (QED) is 0.421. The molecule has 21 heavy (non-hydrogen) atoms. The third-order valence-corrected chi connectivity index (χ3v) is 2.87. The second kappa shape index (κ2) is 4.71. The Morgan fingerprint density at radius 1 is 0.810 bits per heavy atom. The number of aromatic nitrogens is 2. The first-order valence-corrected chi connectivity index (χ1v) is 5.93. The van der Waals surface area contributed by atoms with E-state index in [4.69, 9.17) is 4.52 Å². The molecule has 0 saturated carbocycles. The molecular formula is C14H10N2O5. The lowest BCUT2D eigenvalue weighted by Crippen LogP contribution is -1.82. The van der Waals surface area contributed by atoms with Crippen LogP contribution in [0.1, 0.15) is 0 Å². The SMILES string of the molecule is Oc1ccc(O)c(-c2nc(-c3ccc(O)c(O)c3)no2)c1. The van der Waals surface area contributed by atoms with Gasteiger partial charge in [0.1, 0.15) is 11.5 Å². The molecule has 7 heteroatoms. The molecule has 0 aliphatic rings. The maximum absolute atomic E-state index is 9.74. The van der Waals surface area contributed by atoms with Gasteiger partial charge in [0.05, 0.1) is 5.56 Å². The Hall–Kier alpha value is -3.22. The van der Waals surface area contributed by atoms with E-state index in [0.29, 0.717) is 5.56 Å². The molecule has 7 nitrogen and oxygen atoms in total. The first-order chi connectivity index (χ1) is 10.0. The Morgan fingerprint density at radius 3 is 2.33 bits per heavy atom. The van der Waals surface area contributed by atoms with Gasteiger partial charge < -0.3 is 24.9 Å². The second-order valence-electron chi connectivity index (χ2n) is 4.33. The van der Waals surface area contributed by atoms with Gasteiger partial charge in [0.25, 0.3) is 5.89 Å². The Balaban J connectivity index is 2.03. The summed E-state index contributed by atoms with van der Waals surface area (Å²) >= 11 is 0. The predicted octanol–water partition coefficient (Wildman–Crippen LogP) is 2.23. The fraction of sp³-hybridized carbons (Fsp3) is 0. The molecule has 0 unspecified atom stereocenters. The highest BCUT2D eigenvalue weighted by atomic mass is 16.5. The average molecular weight is 286 g/mol. The Morgan fingerprint density at radius 2 is 1.57 bits per heavy atom. The summed E-state index contributed by atoms with van der Waals surface area (Å²) < 4.78 is 5.03. The van der Waals surface area contributed by atoms with E-state index in [1.807, 2.05) is 0 Å². The van der Waals surface area contributed by atoms with Crippen molar-refractivity contribution >= 4 is 0 Å². The number of rotatable bonds is 2. The van der Waals surface area contributed by atoms with Crippen LogP contribution in [0.5, 0.6) is 23.0 Å². The lowest BCUT2D eigenvalue weighted by molar-refractivity contribution is 0.403. The first-order valence-electron chi connectivity index (χ1n) is 5.93. The van der Waals surface area contributed by atoms with Crippen LogP contribution < -0.4 is 0 Å². The topological polar surface area (TPSA) is 120 Å². The van der Waals surface area contributed by atoms with E-state index in [-0.39, 0.29) is 40.3 Å². The molecule has 0 spiro atoms. The molecule has 0 saturated heterocycles. The van der Waals surface area contributed by atoms with E-state index >= 15 is 0 Å². The molecule has 0 aliphatic heterocycles. The number of phenols is 4. The molecule has 0 bridgehead atoms. The van der Waals surface area contributed by atoms with Crippen molar-refractivity contribution in [1.29, 1.82) is 0 Å². The summed E-state index contributed by atoms with van der Waals surface area (Å²) in [4.78, 5) is 4.08. The summed E-state index contributed by atoms with van der Waals surface area (Å²) in [6.07, 6.45) is 0. The van der Waals surface area contributed by atoms with Gasteiger partial charge in [-0.2, -0.15) is 4.98 Å². The van der Waals surface area contributed by atoms with Crippen molar-refractivity contribution in [2.75, 3.05) is 0 Å². The van der Waals surface area contributed by atoms with Gasteiger partial charge >= 0.3 is 0 Å². The summed E-state index contributed by atoms with van der Waals surface area (Å²) in [7, 11) is 0. The molecular weight excluding hydrogens is 276 g/mol. The molecule has 0 aliphatic carbocycles. The zero-order valence-corrected chi connectivity index (χ0v) is 10.6. The van der Waals surface area contributed by atoms with Crippen LogP contribution in [0.2, 0.25) is 0 Å². The lowest BCUT2D eigenvalue weighted by Gasteiger charge is -1.99. The lowest BCUT2D eigenvalue weighted by atomic mass is 10.1. The van der Waals surface area contributed by atoms with Crippen LogP contribution in [0.4, 0.5) is 0 Å². The fourth-order valence-electron chi connectivity index (χ4n) is 1.81. The van der Waals surface area contributed by atoms with Crippen molar-refractivity contribution in [3.63, 3.8) is 0 Å². The van der Waals surface area contributed by atoms with Gasteiger partial charge in [-0.3, -0.25) is 0 Å². The number of hydrogen-bond acceptors (Lipinski definition) is 7. The summed E-state index contributed by atoms with van der Waals surface area (Å²) in [6, 6.07) is 8.01. The van der Waals surface area contributed by atoms with Gasteiger partial charge in [0, 0.05) is 5.56 Å². The van der Waals surface area contributed by atoms with E-state index in [9.17, 15) is 20.4 Å². The number of benzene rings is 2. The van der Waals surface area contributed by atoms with E-state index in [1.165, 1.54) is 36.4 Å². The zero-order valence-electron chi connectivity index (χ0n) is 10.6. The fourth-order valence-corrected chi connectivity index (χ4v) is 1.81. The van der Waals surface area contributed by atoms with Crippen LogP contribution in [0.25, 0.3) is 22.8 Å². The van der Waals surface area contributed by atoms with Crippen molar-refractivity contribution in [3.8, 4) is 45.8 Å². The number of aromatic hydroxyl groups is 4. The highest BCUT2D eigenvalue weighted by molar-refractivity contribution is 5.67. The monoisotopic (exact) mass is 286 g/mol. The van der Waals surface area contributed by atoms with E-state index in [2.05, 4.69) is 10.1 Å². The minimum absolute atomic E-state index is 0.0194. The minimum atomic E-state index is -0.306. The zero-order chi connectivity index (χ0) is 15.0. The van der Waals surface area contributed by atoms with Crippen molar-refractivity contribution in [2.24, 2.45) is 0 Å². The summed E-state index contributed by atoms with van der Waals surface area (Å²) in [6.45, 7) is 0. The number of nitrogens with zero attached hydrogens (tertiary/aromatic N) is 2. The maximum atomic E-state index is 9.74. The number of hydrogen-bond donors (Lipinski definition) is 4. The highest BCUT2D eigenvalue weighted by Gasteiger charge is 2.15.